The number of benzene rings is 1. The number of Topliss-reactive ketones (excluding diaryl/α,β-unsaturated/α-hetero) is 1. The quantitative estimate of drug-likeness (QED) is 0.613. The van der Waals surface area contributed by atoms with Gasteiger partial charge in [-0.15, -0.1) is 0 Å². The second kappa shape index (κ2) is 4.35. The molecular formula is C10H9ClO3. The van der Waals surface area contributed by atoms with Gasteiger partial charge in [0.1, 0.15) is 0 Å². The van der Waals surface area contributed by atoms with E-state index in [1.807, 2.05) is 0 Å². The molecule has 0 fully saturated rings. The van der Waals surface area contributed by atoms with Crippen molar-refractivity contribution in [1.29, 1.82) is 0 Å². The minimum Gasteiger partial charge on any atom is -0.379 e. The smallest absolute Gasteiger partial charge is 0.254 e. The number of hydrogen-bond donors (Lipinski definition) is 1. The van der Waals surface area contributed by atoms with Crippen LogP contribution in [0.1, 0.15) is 28.9 Å². The zero-order valence-corrected chi connectivity index (χ0v) is 8.28. The van der Waals surface area contributed by atoms with E-state index in [1.54, 1.807) is 18.2 Å². The van der Waals surface area contributed by atoms with Gasteiger partial charge in [-0.25, -0.2) is 0 Å². The Hall–Kier alpha value is -1.19. The lowest BCUT2D eigenvalue weighted by atomic mass is 10.0. The summed E-state index contributed by atoms with van der Waals surface area (Å²) in [6.07, 6.45) is -1.43. The number of ketones is 1. The number of carbonyl (C=O) groups is 2. The van der Waals surface area contributed by atoms with Crippen LogP contribution in [0, 0.1) is 0 Å². The molecule has 0 saturated carbocycles. The van der Waals surface area contributed by atoms with Gasteiger partial charge in [-0.2, -0.15) is 0 Å². The highest BCUT2D eigenvalue weighted by Crippen LogP contribution is 2.20. The molecule has 1 rings (SSSR count). The van der Waals surface area contributed by atoms with Crippen LogP contribution in [0.4, 0.5) is 0 Å². The van der Waals surface area contributed by atoms with Gasteiger partial charge < -0.3 is 5.11 Å². The van der Waals surface area contributed by atoms with Crippen LogP contribution >= 0.6 is 11.6 Å². The van der Waals surface area contributed by atoms with Crippen molar-refractivity contribution in [2.45, 2.75) is 13.0 Å². The Bertz CT molecular complexity index is 373. The van der Waals surface area contributed by atoms with Crippen LogP contribution in [-0.4, -0.2) is 16.1 Å². The third kappa shape index (κ3) is 2.19. The topological polar surface area (TPSA) is 54.4 Å². The first-order chi connectivity index (χ1) is 6.54. The van der Waals surface area contributed by atoms with Gasteiger partial charge in [0.25, 0.3) is 5.24 Å². The van der Waals surface area contributed by atoms with Crippen LogP contribution in [0.3, 0.4) is 0 Å². The summed E-state index contributed by atoms with van der Waals surface area (Å²) >= 11 is 5.14. The maximum Gasteiger partial charge on any atom is 0.254 e. The summed E-state index contributed by atoms with van der Waals surface area (Å²) in [6.45, 7) is 1.37. The van der Waals surface area contributed by atoms with E-state index in [1.165, 1.54) is 13.0 Å². The Morgan fingerprint density at radius 3 is 2.43 bits per heavy atom. The average molecular weight is 213 g/mol. The van der Waals surface area contributed by atoms with Crippen molar-refractivity contribution in [3.63, 3.8) is 0 Å². The molecule has 0 aliphatic carbocycles. The van der Waals surface area contributed by atoms with Crippen LogP contribution in [0.2, 0.25) is 0 Å². The van der Waals surface area contributed by atoms with Gasteiger partial charge in [-0.3, -0.25) is 9.59 Å². The number of aliphatic hydroxyl groups is 1. The molecule has 0 spiro atoms. The summed E-state index contributed by atoms with van der Waals surface area (Å²) in [4.78, 5) is 21.9. The Morgan fingerprint density at radius 2 is 1.93 bits per heavy atom. The maximum absolute atomic E-state index is 11.1. The molecule has 1 N–H and O–H groups in total. The van der Waals surface area contributed by atoms with Crippen molar-refractivity contribution in [2.24, 2.45) is 0 Å². The highest BCUT2D eigenvalue weighted by molar-refractivity contribution is 6.64. The van der Waals surface area contributed by atoms with Crippen LogP contribution in [-0.2, 0) is 4.79 Å². The molecule has 1 atom stereocenters. The molecule has 0 saturated heterocycles. The molecule has 74 valence electrons. The SMILES string of the molecule is CC(=O)c1ccccc1C(O)C(=O)Cl. The van der Waals surface area contributed by atoms with Gasteiger partial charge >= 0.3 is 0 Å². The second-order valence-electron chi connectivity index (χ2n) is 2.85. The third-order valence-corrected chi connectivity index (χ3v) is 2.06. The molecule has 14 heavy (non-hydrogen) atoms. The largest absolute Gasteiger partial charge is 0.379 e. The molecule has 1 aromatic rings. The first kappa shape index (κ1) is 10.9. The Morgan fingerprint density at radius 1 is 1.36 bits per heavy atom. The van der Waals surface area contributed by atoms with Crippen molar-refractivity contribution in [2.75, 3.05) is 0 Å². The van der Waals surface area contributed by atoms with Crippen LogP contribution < -0.4 is 0 Å². The van der Waals surface area contributed by atoms with Gasteiger partial charge in [0.15, 0.2) is 11.9 Å². The molecule has 0 heterocycles. The lowest BCUT2D eigenvalue weighted by molar-refractivity contribution is -0.119. The molecule has 0 aliphatic rings. The van der Waals surface area contributed by atoms with Crippen molar-refractivity contribution >= 4 is 22.6 Å². The van der Waals surface area contributed by atoms with Gasteiger partial charge in [0, 0.05) is 11.1 Å². The molecule has 3 nitrogen and oxygen atoms in total. The Kier molecular flexibility index (Phi) is 3.38. The number of aliphatic hydroxyl groups excluding tert-OH is 1. The minimum atomic E-state index is -1.43. The van der Waals surface area contributed by atoms with Crippen molar-refractivity contribution in [3.05, 3.63) is 35.4 Å². The molecule has 0 amide bonds. The molecule has 1 unspecified atom stereocenters. The highest BCUT2D eigenvalue weighted by atomic mass is 35.5. The fraction of sp³-hybridized carbons (Fsp3) is 0.200. The van der Waals surface area contributed by atoms with E-state index >= 15 is 0 Å². The van der Waals surface area contributed by atoms with E-state index in [0.29, 0.717) is 5.56 Å². The predicted octanol–water partition coefficient (Wildman–Crippen LogP) is 1.69. The van der Waals surface area contributed by atoms with E-state index in [-0.39, 0.29) is 11.3 Å². The zero-order chi connectivity index (χ0) is 10.7. The fourth-order valence-electron chi connectivity index (χ4n) is 1.18. The second-order valence-corrected chi connectivity index (χ2v) is 3.22. The first-order valence-corrected chi connectivity index (χ1v) is 4.39. The van der Waals surface area contributed by atoms with Gasteiger partial charge in [0.2, 0.25) is 0 Å². The average Bonchev–Trinajstić information content (AvgIpc) is 2.16. The molecule has 0 bridgehead atoms. The maximum atomic E-state index is 11.1. The van der Waals surface area contributed by atoms with Gasteiger partial charge in [0.05, 0.1) is 0 Å². The van der Waals surface area contributed by atoms with Gasteiger partial charge in [-0.05, 0) is 18.5 Å². The first-order valence-electron chi connectivity index (χ1n) is 4.01. The Labute approximate surface area is 86.3 Å². The normalized spacial score (nSPS) is 12.2. The van der Waals surface area contributed by atoms with Crippen LogP contribution in [0.15, 0.2) is 24.3 Å². The lowest BCUT2D eigenvalue weighted by Gasteiger charge is -2.09. The van der Waals surface area contributed by atoms with Gasteiger partial charge in [-0.1, -0.05) is 24.3 Å². The van der Waals surface area contributed by atoms with E-state index in [0.717, 1.165) is 0 Å². The summed E-state index contributed by atoms with van der Waals surface area (Å²) in [5, 5.41) is 8.50. The molecular weight excluding hydrogens is 204 g/mol. The van der Waals surface area contributed by atoms with Crippen molar-refractivity contribution in [1.82, 2.24) is 0 Å². The van der Waals surface area contributed by atoms with E-state index < -0.39 is 11.3 Å². The molecule has 0 radical (unpaired) electrons. The highest BCUT2D eigenvalue weighted by Gasteiger charge is 2.19. The summed E-state index contributed by atoms with van der Waals surface area (Å²) in [6, 6.07) is 6.33. The van der Waals surface area contributed by atoms with Crippen LogP contribution in [0.25, 0.3) is 0 Å². The molecule has 1 aromatic carbocycles. The molecule has 4 heteroatoms. The van der Waals surface area contributed by atoms with E-state index in [4.69, 9.17) is 11.6 Å². The van der Waals surface area contributed by atoms with E-state index in [9.17, 15) is 14.7 Å². The van der Waals surface area contributed by atoms with Crippen molar-refractivity contribution < 1.29 is 14.7 Å². The predicted molar refractivity (Wildman–Crippen MR) is 52.3 cm³/mol. The standard InChI is InChI=1S/C10H9ClO3/c1-6(12)7-4-2-3-5-8(7)9(13)10(11)14/h2-5,9,13H,1H3. The lowest BCUT2D eigenvalue weighted by Crippen LogP contribution is -2.10. The number of carbonyl (C=O) groups excluding carboxylic acids is 2. The minimum absolute atomic E-state index is 0.211. The summed E-state index contributed by atoms with van der Waals surface area (Å²) in [5.74, 6) is -0.211. The third-order valence-electron chi connectivity index (χ3n) is 1.85. The summed E-state index contributed by atoms with van der Waals surface area (Å²) in [7, 11) is 0. The van der Waals surface area contributed by atoms with Crippen LogP contribution in [0.5, 0.6) is 0 Å². The van der Waals surface area contributed by atoms with E-state index in [2.05, 4.69) is 0 Å². The Balaban J connectivity index is 3.19. The van der Waals surface area contributed by atoms with Crippen molar-refractivity contribution in [3.8, 4) is 0 Å². The summed E-state index contributed by atoms with van der Waals surface area (Å²) in [5.41, 5.74) is 0.564. The molecule has 0 aliphatic heterocycles. The number of hydrogen-bond acceptors (Lipinski definition) is 3. The number of halogens is 1. The summed E-state index contributed by atoms with van der Waals surface area (Å²) < 4.78 is 0. The molecule has 0 aromatic heterocycles. The zero-order valence-electron chi connectivity index (χ0n) is 7.53. The fourth-order valence-corrected chi connectivity index (χ4v) is 1.30. The monoisotopic (exact) mass is 212 g/mol. The number of rotatable bonds is 3.